The highest BCUT2D eigenvalue weighted by Crippen LogP contribution is 2.42. The van der Waals surface area contributed by atoms with Crippen LogP contribution in [0.4, 0.5) is 5.69 Å². The number of hydrogen-bond acceptors (Lipinski definition) is 8. The van der Waals surface area contributed by atoms with Crippen molar-refractivity contribution in [3.05, 3.63) is 63.7 Å². The van der Waals surface area contributed by atoms with E-state index in [1.807, 2.05) is 6.92 Å². The normalized spacial score (nSPS) is 17.0. The van der Waals surface area contributed by atoms with Crippen LogP contribution in [0.5, 0.6) is 11.5 Å². The highest BCUT2D eigenvalue weighted by Gasteiger charge is 2.44. The quantitative estimate of drug-likeness (QED) is 0.370. The number of hydrogen-bond donors (Lipinski definition) is 2. The lowest BCUT2D eigenvalue weighted by atomic mass is 9.78. The number of nitriles is 1. The topological polar surface area (TPSA) is 127 Å². The van der Waals surface area contributed by atoms with E-state index >= 15 is 0 Å². The highest BCUT2D eigenvalue weighted by molar-refractivity contribution is 8.03. The van der Waals surface area contributed by atoms with Crippen molar-refractivity contribution in [2.24, 2.45) is 5.92 Å². The number of esters is 1. The van der Waals surface area contributed by atoms with Crippen molar-refractivity contribution in [1.82, 2.24) is 5.32 Å². The number of ether oxygens (including phenoxy) is 3. The Morgan fingerprint density at radius 2 is 1.94 bits per heavy atom. The van der Waals surface area contributed by atoms with Crippen molar-refractivity contribution in [2.75, 3.05) is 31.9 Å². The lowest BCUT2D eigenvalue weighted by Gasteiger charge is -2.31. The number of anilines is 1. The summed E-state index contributed by atoms with van der Waals surface area (Å²) in [6.45, 7) is 2.21. The maximum absolute atomic E-state index is 13.0. The molecule has 2 aromatic carbocycles. The van der Waals surface area contributed by atoms with E-state index in [0.29, 0.717) is 29.4 Å². The monoisotopic (exact) mass is 529 g/mol. The Kier molecular flexibility index (Phi) is 9.22. The second-order valence-corrected chi connectivity index (χ2v) is 8.88. The lowest BCUT2D eigenvalue weighted by molar-refractivity contribution is -0.150. The van der Waals surface area contributed by atoms with Crippen molar-refractivity contribution >= 4 is 46.8 Å². The van der Waals surface area contributed by atoms with Gasteiger partial charge in [-0.3, -0.25) is 14.4 Å². The first-order valence-corrected chi connectivity index (χ1v) is 12.2. The molecule has 2 N–H and O–H groups in total. The molecule has 3 rings (SSSR count). The number of carbonyl (C=O) groups excluding carboxylic acids is 3. The third-order valence-electron chi connectivity index (χ3n) is 5.33. The first-order valence-electron chi connectivity index (χ1n) is 10.8. The molecule has 188 valence electrons. The summed E-state index contributed by atoms with van der Waals surface area (Å²) in [4.78, 5) is 38.1. The van der Waals surface area contributed by atoms with Crippen LogP contribution in [0.15, 0.2) is 53.1 Å². The first-order chi connectivity index (χ1) is 17.3. The van der Waals surface area contributed by atoms with Gasteiger partial charge in [0, 0.05) is 5.92 Å². The third-order valence-corrected chi connectivity index (χ3v) is 6.64. The smallest absolute Gasteiger partial charge is 0.319 e. The lowest BCUT2D eigenvalue weighted by Crippen LogP contribution is -2.44. The Bertz CT molecular complexity index is 1240. The molecule has 0 aliphatic carbocycles. The van der Waals surface area contributed by atoms with Crippen LogP contribution >= 0.6 is 23.4 Å². The second kappa shape index (κ2) is 12.3. The van der Waals surface area contributed by atoms with E-state index in [2.05, 4.69) is 16.7 Å². The van der Waals surface area contributed by atoms with Crippen LogP contribution in [-0.4, -0.2) is 44.4 Å². The summed E-state index contributed by atoms with van der Waals surface area (Å²) in [6, 6.07) is 13.8. The van der Waals surface area contributed by atoms with Crippen LogP contribution < -0.4 is 20.1 Å². The number of methoxy groups -OCH3 is 2. The molecular weight excluding hydrogens is 506 g/mol. The van der Waals surface area contributed by atoms with E-state index < -0.39 is 23.7 Å². The van der Waals surface area contributed by atoms with Gasteiger partial charge >= 0.3 is 5.97 Å². The van der Waals surface area contributed by atoms with Gasteiger partial charge in [0.15, 0.2) is 0 Å². The van der Waals surface area contributed by atoms with Gasteiger partial charge in [-0.2, -0.15) is 5.26 Å². The number of allylic oxidation sites excluding steroid dienone is 1. The van der Waals surface area contributed by atoms with E-state index in [0.717, 1.165) is 11.8 Å². The Labute approximate surface area is 217 Å². The fourth-order valence-corrected chi connectivity index (χ4v) is 4.83. The number of rotatable bonds is 9. The van der Waals surface area contributed by atoms with Gasteiger partial charge in [0.2, 0.25) is 11.8 Å². The van der Waals surface area contributed by atoms with Gasteiger partial charge in [0.05, 0.1) is 54.0 Å². The molecule has 2 atom stereocenters. The van der Waals surface area contributed by atoms with Crippen LogP contribution in [-0.2, 0) is 19.1 Å². The molecule has 36 heavy (non-hydrogen) atoms. The van der Waals surface area contributed by atoms with Crippen molar-refractivity contribution in [2.45, 2.75) is 12.8 Å². The largest absolute Gasteiger partial charge is 0.495 e. The van der Waals surface area contributed by atoms with Crippen molar-refractivity contribution < 1.29 is 28.6 Å². The number of benzene rings is 2. The number of thioether (sulfide) groups is 1. The molecule has 1 aliphatic rings. The molecule has 0 unspecified atom stereocenters. The Morgan fingerprint density at radius 1 is 1.19 bits per heavy atom. The van der Waals surface area contributed by atoms with Crippen LogP contribution in [0, 0.1) is 17.2 Å². The first kappa shape index (κ1) is 26.9. The fraction of sp³-hybridized carbons (Fsp3) is 0.280. The van der Waals surface area contributed by atoms with E-state index in [9.17, 15) is 19.6 Å². The SMILES string of the molecule is CCOc1ccc([C@@H]2C(C#N)=C(SCC(=O)Nc3ccccc3OC)NC(=O)[C@@H]2C(=O)OC)cc1Cl. The molecule has 2 aromatic rings. The van der Waals surface area contributed by atoms with Gasteiger partial charge in [-0.25, -0.2) is 0 Å². The Hall–Kier alpha value is -3.68. The van der Waals surface area contributed by atoms with Gasteiger partial charge in [-0.1, -0.05) is 41.6 Å². The minimum Gasteiger partial charge on any atom is -0.495 e. The molecule has 11 heteroatoms. The molecule has 1 heterocycles. The summed E-state index contributed by atoms with van der Waals surface area (Å²) in [5.74, 6) is -3.29. The average Bonchev–Trinajstić information content (AvgIpc) is 2.88. The van der Waals surface area contributed by atoms with Crippen LogP contribution in [0.2, 0.25) is 5.02 Å². The zero-order valence-corrected chi connectivity index (χ0v) is 21.4. The van der Waals surface area contributed by atoms with Gasteiger partial charge in [0.1, 0.15) is 17.4 Å². The molecule has 0 fully saturated rings. The zero-order chi connectivity index (χ0) is 26.2. The van der Waals surface area contributed by atoms with Gasteiger partial charge in [-0.05, 0) is 36.8 Å². The van der Waals surface area contributed by atoms with Gasteiger partial charge in [0.25, 0.3) is 0 Å². The number of amides is 2. The predicted octanol–water partition coefficient (Wildman–Crippen LogP) is 3.86. The molecule has 0 bridgehead atoms. The number of carbonyl (C=O) groups is 3. The summed E-state index contributed by atoms with van der Waals surface area (Å²) < 4.78 is 15.5. The summed E-state index contributed by atoms with van der Waals surface area (Å²) in [7, 11) is 2.66. The van der Waals surface area contributed by atoms with E-state index in [4.69, 9.17) is 25.8 Å². The highest BCUT2D eigenvalue weighted by atomic mass is 35.5. The van der Waals surface area contributed by atoms with Crippen LogP contribution in [0.25, 0.3) is 0 Å². The number of nitrogens with zero attached hydrogens (tertiary/aromatic N) is 1. The van der Waals surface area contributed by atoms with Gasteiger partial charge < -0.3 is 24.8 Å². The number of halogens is 1. The second-order valence-electron chi connectivity index (χ2n) is 7.48. The average molecular weight is 530 g/mol. The number of para-hydroxylation sites is 2. The number of nitrogens with one attached hydrogen (secondary N) is 2. The standard InChI is InChI=1S/C25H24ClN3O6S/c1-4-35-18-10-9-14(11-16(18)26)21-15(12-27)24(29-23(31)22(21)25(32)34-3)36-13-20(30)28-17-7-5-6-8-19(17)33-2/h5-11,21-22H,4,13H2,1-3H3,(H,28,30)(H,29,31)/t21-,22-/m1/s1. The predicted molar refractivity (Wildman–Crippen MR) is 136 cm³/mol. The minimum atomic E-state index is -1.31. The third kappa shape index (κ3) is 5.93. The molecule has 0 spiro atoms. The molecule has 0 saturated heterocycles. The fourth-order valence-electron chi connectivity index (χ4n) is 3.73. The summed E-state index contributed by atoms with van der Waals surface area (Å²) in [5.41, 5.74) is 1.06. The van der Waals surface area contributed by atoms with Crippen molar-refractivity contribution in [3.8, 4) is 17.6 Å². The van der Waals surface area contributed by atoms with E-state index in [1.165, 1.54) is 14.2 Å². The van der Waals surface area contributed by atoms with Gasteiger partial charge in [-0.15, -0.1) is 0 Å². The summed E-state index contributed by atoms with van der Waals surface area (Å²) in [5, 5.41) is 15.8. The Morgan fingerprint density at radius 3 is 2.58 bits per heavy atom. The molecule has 2 amide bonds. The van der Waals surface area contributed by atoms with Crippen LogP contribution in [0.1, 0.15) is 18.4 Å². The van der Waals surface area contributed by atoms with Crippen molar-refractivity contribution in [3.63, 3.8) is 0 Å². The summed E-state index contributed by atoms with van der Waals surface area (Å²) >= 11 is 7.32. The Balaban J connectivity index is 1.93. The van der Waals surface area contributed by atoms with E-state index in [1.54, 1.807) is 42.5 Å². The maximum atomic E-state index is 13.0. The molecule has 0 radical (unpaired) electrons. The minimum absolute atomic E-state index is 0.111. The molecule has 1 aliphatic heterocycles. The molecular formula is C25H24ClN3O6S. The van der Waals surface area contributed by atoms with Crippen molar-refractivity contribution in [1.29, 1.82) is 5.26 Å². The molecule has 0 saturated carbocycles. The maximum Gasteiger partial charge on any atom is 0.319 e. The zero-order valence-electron chi connectivity index (χ0n) is 19.8. The van der Waals surface area contributed by atoms with E-state index in [-0.39, 0.29) is 27.3 Å². The molecule has 0 aromatic heterocycles. The van der Waals surface area contributed by atoms with Crippen LogP contribution in [0.3, 0.4) is 0 Å². The summed E-state index contributed by atoms with van der Waals surface area (Å²) in [6.07, 6.45) is 0. The molecule has 9 nitrogen and oxygen atoms in total.